The number of nitrogens with zero attached hydrogens (tertiary/aromatic N) is 5. The molecular weight excluding hydrogens is 490 g/mol. The van der Waals surface area contributed by atoms with E-state index in [4.69, 9.17) is 20.8 Å². The lowest BCUT2D eigenvalue weighted by atomic mass is 10.0. The summed E-state index contributed by atoms with van der Waals surface area (Å²) in [5, 5.41) is 27.7. The summed E-state index contributed by atoms with van der Waals surface area (Å²) < 4.78 is 50.6. The molecule has 3 aromatic heterocycles. The highest BCUT2D eigenvalue weighted by Gasteiger charge is 2.32. The summed E-state index contributed by atoms with van der Waals surface area (Å²) in [5.41, 5.74) is 6.87. The molecule has 6 N–H and O–H groups in total. The third-order valence-electron chi connectivity index (χ3n) is 4.29. The number of sulfonamides is 1. The smallest absolute Gasteiger partial charge is 0.240 e. The Morgan fingerprint density at radius 3 is 2.38 bits per heavy atom. The van der Waals surface area contributed by atoms with Crippen LogP contribution in [0.5, 0.6) is 0 Å². The van der Waals surface area contributed by atoms with Gasteiger partial charge in [0.15, 0.2) is 15.5 Å². The number of rotatable bonds is 6. The second kappa shape index (κ2) is 9.59. The van der Waals surface area contributed by atoms with Crippen LogP contribution in [-0.2, 0) is 24.7 Å². The molecule has 34 heavy (non-hydrogen) atoms. The summed E-state index contributed by atoms with van der Waals surface area (Å²) in [6.07, 6.45) is 4.51. The fraction of sp³-hybridized carbons (Fsp3) is 0.176. The number of primary sulfonamides is 1. The van der Waals surface area contributed by atoms with Crippen molar-refractivity contribution in [3.63, 3.8) is 0 Å². The number of fused-ring (bicyclic) bond motifs is 1. The Morgan fingerprint density at radius 2 is 1.79 bits per heavy atom. The number of nitrogens with one attached hydrogen (secondary N) is 2. The average Bonchev–Trinajstić information content (AvgIpc) is 3.42. The van der Waals surface area contributed by atoms with E-state index < -0.39 is 41.4 Å². The third kappa shape index (κ3) is 5.06. The van der Waals surface area contributed by atoms with Gasteiger partial charge in [0.25, 0.3) is 0 Å². The van der Waals surface area contributed by atoms with E-state index in [1.807, 2.05) is 0 Å². The molecule has 0 aliphatic carbocycles. The van der Waals surface area contributed by atoms with E-state index in [0.717, 1.165) is 6.92 Å². The van der Waals surface area contributed by atoms with Crippen LogP contribution in [0.15, 0.2) is 40.5 Å². The number of hydrogen-bond acceptors (Lipinski definition) is 12. The van der Waals surface area contributed by atoms with E-state index in [1.165, 1.54) is 24.5 Å². The predicted octanol–water partition coefficient (Wildman–Crippen LogP) is -2.06. The molecule has 1 aromatic carbocycles. The molecule has 17 heteroatoms. The molecule has 0 unspecified atom stereocenters. The SMILES string of the molecule is CC(=O)[O-].NCCS(=O)(=O)c1ccc(-c2c[nH]c3nccnc23)c(-c2nn[nH]n2)c1S(N)(=O)=O. The molecule has 180 valence electrons. The number of carbonyl (C=O) groups excluding carboxylic acids is 1. The quantitative estimate of drug-likeness (QED) is 0.219. The van der Waals surface area contributed by atoms with Gasteiger partial charge in [0.1, 0.15) is 10.4 Å². The van der Waals surface area contributed by atoms with Gasteiger partial charge in [-0.15, -0.1) is 10.2 Å². The van der Waals surface area contributed by atoms with Gasteiger partial charge in [-0.1, -0.05) is 6.07 Å². The Morgan fingerprint density at radius 1 is 1.12 bits per heavy atom. The van der Waals surface area contributed by atoms with E-state index >= 15 is 0 Å². The first-order valence-corrected chi connectivity index (χ1v) is 12.5. The normalized spacial score (nSPS) is 11.7. The van der Waals surface area contributed by atoms with Gasteiger partial charge in [-0.25, -0.2) is 27.0 Å². The molecular formula is C17H18N9O6S2-. The molecule has 3 heterocycles. The number of carboxylic acids is 1. The molecule has 0 spiro atoms. The Kier molecular flexibility index (Phi) is 7.01. The largest absolute Gasteiger partial charge is 0.550 e. The topological polar surface area (TPSA) is 256 Å². The first-order valence-electron chi connectivity index (χ1n) is 9.30. The van der Waals surface area contributed by atoms with E-state index in [2.05, 4.69) is 35.6 Å². The zero-order chi connectivity index (χ0) is 25.1. The van der Waals surface area contributed by atoms with E-state index in [9.17, 15) is 16.8 Å². The molecule has 4 aromatic rings. The van der Waals surface area contributed by atoms with Crippen molar-refractivity contribution in [2.45, 2.75) is 16.7 Å². The minimum atomic E-state index is -4.55. The second-order valence-corrected chi connectivity index (χ2v) is 10.2. The summed E-state index contributed by atoms with van der Waals surface area (Å²) in [5.74, 6) is -1.71. The number of aromatic nitrogens is 7. The Bertz CT molecular complexity index is 1540. The molecule has 0 bridgehead atoms. The van der Waals surface area contributed by atoms with Gasteiger partial charge in [0.05, 0.1) is 16.2 Å². The number of hydrogen-bond donors (Lipinski definition) is 4. The summed E-state index contributed by atoms with van der Waals surface area (Å²) in [6.45, 7) is 0.768. The van der Waals surface area contributed by atoms with Crippen molar-refractivity contribution in [1.29, 1.82) is 0 Å². The summed E-state index contributed by atoms with van der Waals surface area (Å²) in [7, 11) is -8.62. The fourth-order valence-electron chi connectivity index (χ4n) is 3.13. The van der Waals surface area contributed by atoms with Gasteiger partial charge in [-0.05, 0) is 23.8 Å². The lowest BCUT2D eigenvalue weighted by Gasteiger charge is -2.15. The number of carbonyl (C=O) groups is 1. The zero-order valence-corrected chi connectivity index (χ0v) is 19.1. The number of sulfone groups is 1. The minimum absolute atomic E-state index is 0.129. The van der Waals surface area contributed by atoms with Crippen molar-refractivity contribution >= 4 is 37.0 Å². The van der Waals surface area contributed by atoms with Crippen molar-refractivity contribution in [1.82, 2.24) is 35.6 Å². The predicted molar refractivity (Wildman–Crippen MR) is 116 cm³/mol. The molecule has 0 radical (unpaired) electrons. The number of carboxylic acid groups (broad SMARTS) is 1. The number of nitrogens with two attached hydrogens (primary N) is 2. The monoisotopic (exact) mass is 508 g/mol. The van der Waals surface area contributed by atoms with E-state index in [-0.39, 0.29) is 23.5 Å². The Hall–Kier alpha value is -3.80. The highest BCUT2D eigenvalue weighted by molar-refractivity contribution is 7.93. The summed E-state index contributed by atoms with van der Waals surface area (Å²) >= 11 is 0. The van der Waals surface area contributed by atoms with Crippen molar-refractivity contribution in [2.24, 2.45) is 10.9 Å². The van der Waals surface area contributed by atoms with Crippen LogP contribution in [0.4, 0.5) is 0 Å². The van der Waals surface area contributed by atoms with Crippen LogP contribution in [0.25, 0.3) is 33.7 Å². The van der Waals surface area contributed by atoms with E-state index in [1.54, 1.807) is 6.20 Å². The van der Waals surface area contributed by atoms with E-state index in [0.29, 0.717) is 16.7 Å². The first-order chi connectivity index (χ1) is 16.0. The lowest BCUT2D eigenvalue weighted by molar-refractivity contribution is -0.302. The number of tetrazole rings is 1. The Labute approximate surface area is 192 Å². The van der Waals surface area contributed by atoms with Crippen LogP contribution in [0.3, 0.4) is 0 Å². The number of H-pyrrole nitrogens is 2. The average molecular weight is 509 g/mol. The molecule has 0 saturated carbocycles. The molecule has 0 aliphatic rings. The maximum Gasteiger partial charge on any atom is 0.240 e. The van der Waals surface area contributed by atoms with Crippen molar-refractivity contribution in [2.75, 3.05) is 12.3 Å². The minimum Gasteiger partial charge on any atom is -0.550 e. The van der Waals surface area contributed by atoms with Gasteiger partial charge in [-0.2, -0.15) is 5.21 Å². The van der Waals surface area contributed by atoms with Crippen molar-refractivity contribution < 1.29 is 26.7 Å². The molecule has 0 aliphatic heterocycles. The Balaban J connectivity index is 0.000000751. The van der Waals surface area contributed by atoms with Gasteiger partial charge >= 0.3 is 0 Å². The molecule has 4 rings (SSSR count). The van der Waals surface area contributed by atoms with Crippen LogP contribution in [-0.4, -0.2) is 70.7 Å². The molecule has 15 nitrogen and oxygen atoms in total. The highest BCUT2D eigenvalue weighted by atomic mass is 32.2. The zero-order valence-electron chi connectivity index (χ0n) is 17.5. The van der Waals surface area contributed by atoms with Crippen LogP contribution >= 0.6 is 0 Å². The lowest BCUT2D eigenvalue weighted by Crippen LogP contribution is -2.22. The van der Waals surface area contributed by atoms with Crippen LogP contribution < -0.4 is 16.0 Å². The van der Waals surface area contributed by atoms with Gasteiger partial charge in [0.2, 0.25) is 15.8 Å². The number of aromatic amines is 2. The summed E-state index contributed by atoms with van der Waals surface area (Å²) in [6, 6.07) is 2.60. The molecule has 0 amide bonds. The molecule has 0 fully saturated rings. The molecule has 0 saturated heterocycles. The first kappa shape index (κ1) is 24.8. The van der Waals surface area contributed by atoms with Gasteiger partial charge < -0.3 is 20.6 Å². The maximum absolute atomic E-state index is 12.7. The van der Waals surface area contributed by atoms with Crippen molar-refractivity contribution in [3.05, 3.63) is 30.7 Å². The summed E-state index contributed by atoms with van der Waals surface area (Å²) in [4.78, 5) is 19.1. The second-order valence-electron chi connectivity index (χ2n) is 6.65. The fourth-order valence-corrected chi connectivity index (χ4v) is 5.88. The van der Waals surface area contributed by atoms with Crippen LogP contribution in [0, 0.1) is 0 Å². The highest BCUT2D eigenvalue weighted by Crippen LogP contribution is 2.40. The van der Waals surface area contributed by atoms with Crippen LogP contribution in [0.1, 0.15) is 6.92 Å². The van der Waals surface area contributed by atoms with Crippen LogP contribution in [0.2, 0.25) is 0 Å². The van der Waals surface area contributed by atoms with Crippen molar-refractivity contribution in [3.8, 4) is 22.5 Å². The van der Waals surface area contributed by atoms with Gasteiger partial charge in [-0.3, -0.25) is 4.98 Å². The number of aliphatic carboxylic acids is 1. The number of benzene rings is 1. The molecule has 0 atom stereocenters. The third-order valence-corrected chi connectivity index (χ3v) is 7.20. The maximum atomic E-state index is 12.7. The van der Waals surface area contributed by atoms with Gasteiger partial charge in [0, 0.05) is 36.7 Å². The standard InChI is InChI=1S/C15H15N9O4S2.C2H4O2/c16-3-6-29(25,26)10-2-1-8(9-7-20-15-12(9)18-4-5-19-15)11(13(10)30(17,27)28)14-21-23-24-22-14;1-2(3)4/h1-2,4-5,7H,3,6,16H2,(H,19,20)(H2,17,27,28)(H,21,22,23,24);1H3,(H,3,4)/p-1.